The number of carbonyl (C=O) groups is 1. The highest BCUT2D eigenvalue weighted by Crippen LogP contribution is 2.27. The summed E-state index contributed by atoms with van der Waals surface area (Å²) in [5.74, 6) is 1.09. The lowest BCUT2D eigenvalue weighted by atomic mass is 10.2. The van der Waals surface area contributed by atoms with Gasteiger partial charge in [-0.25, -0.2) is 4.98 Å². The first kappa shape index (κ1) is 15.5. The molecule has 1 rings (SSSR count). The van der Waals surface area contributed by atoms with Crippen molar-refractivity contribution >= 4 is 34.5 Å². The van der Waals surface area contributed by atoms with Gasteiger partial charge in [-0.2, -0.15) is 11.8 Å². The minimum Gasteiger partial charge on any atom is -0.347 e. The first-order chi connectivity index (χ1) is 8.67. The minimum absolute atomic E-state index is 0.486. The number of hydrogen-bond donors (Lipinski definition) is 0. The van der Waals surface area contributed by atoms with Crippen LogP contribution >= 0.6 is 23.1 Å². The molecular weight excluding hydrogens is 264 g/mol. The van der Waals surface area contributed by atoms with Crippen molar-refractivity contribution in [2.45, 2.75) is 39.2 Å². The second kappa shape index (κ2) is 7.79. The molecular formula is C13H22N2OS2. The Balaban J connectivity index is 2.90. The largest absolute Gasteiger partial charge is 0.347 e. The van der Waals surface area contributed by atoms with Crippen LogP contribution < -0.4 is 4.90 Å². The smallest absolute Gasteiger partial charge is 0.186 e. The molecule has 0 aromatic carbocycles. The lowest BCUT2D eigenvalue weighted by molar-refractivity contribution is 0.112. The van der Waals surface area contributed by atoms with Crippen molar-refractivity contribution < 1.29 is 4.79 Å². The van der Waals surface area contributed by atoms with E-state index in [-0.39, 0.29) is 0 Å². The van der Waals surface area contributed by atoms with Crippen molar-refractivity contribution in [1.82, 2.24) is 4.98 Å². The fourth-order valence-electron chi connectivity index (χ4n) is 1.86. The van der Waals surface area contributed by atoms with Crippen LogP contribution in [0.2, 0.25) is 0 Å². The summed E-state index contributed by atoms with van der Waals surface area (Å²) in [6.07, 6.45) is 6.07. The van der Waals surface area contributed by atoms with E-state index in [4.69, 9.17) is 0 Å². The van der Waals surface area contributed by atoms with Crippen LogP contribution in [0.15, 0.2) is 0 Å². The normalized spacial score (nSPS) is 12.4. The number of rotatable bonds is 8. The summed E-state index contributed by atoms with van der Waals surface area (Å²) < 4.78 is 0. The molecule has 1 heterocycles. The van der Waals surface area contributed by atoms with Gasteiger partial charge in [0.2, 0.25) is 0 Å². The molecule has 0 aliphatic carbocycles. The molecule has 0 saturated carbocycles. The molecule has 0 fully saturated rings. The van der Waals surface area contributed by atoms with Gasteiger partial charge in [0.05, 0.1) is 10.6 Å². The van der Waals surface area contributed by atoms with Gasteiger partial charge in [-0.3, -0.25) is 4.79 Å². The summed E-state index contributed by atoms with van der Waals surface area (Å²) in [6, 6.07) is 0.486. The third kappa shape index (κ3) is 3.72. The van der Waals surface area contributed by atoms with Gasteiger partial charge in [-0.15, -0.1) is 0 Å². The van der Waals surface area contributed by atoms with Crippen molar-refractivity contribution in [3.63, 3.8) is 0 Å². The summed E-state index contributed by atoms with van der Waals surface area (Å²) >= 11 is 3.36. The van der Waals surface area contributed by atoms with E-state index in [0.717, 1.165) is 47.0 Å². The van der Waals surface area contributed by atoms with Crippen molar-refractivity contribution in [2.75, 3.05) is 24.0 Å². The maximum atomic E-state index is 11.1. The Kier molecular flexibility index (Phi) is 6.71. The van der Waals surface area contributed by atoms with Gasteiger partial charge in [0.15, 0.2) is 11.4 Å². The fourth-order valence-corrected chi connectivity index (χ4v) is 3.66. The van der Waals surface area contributed by atoms with Gasteiger partial charge in [0.25, 0.3) is 0 Å². The molecule has 0 aliphatic heterocycles. The summed E-state index contributed by atoms with van der Waals surface area (Å²) in [5.41, 5.74) is 0.957. The van der Waals surface area contributed by atoms with E-state index in [0.29, 0.717) is 6.04 Å². The predicted octanol–water partition coefficient (Wildman–Crippen LogP) is 3.49. The Morgan fingerprint density at radius 2 is 2.22 bits per heavy atom. The summed E-state index contributed by atoms with van der Waals surface area (Å²) in [7, 11) is 2.08. The molecule has 0 bridgehead atoms. The molecule has 5 heteroatoms. The SMILES string of the molecule is CCCc1nc(N(C)C(CC)CSC)sc1C=O. The van der Waals surface area contributed by atoms with Gasteiger partial charge >= 0.3 is 0 Å². The molecule has 0 saturated heterocycles. The van der Waals surface area contributed by atoms with E-state index < -0.39 is 0 Å². The molecule has 1 aromatic heterocycles. The lowest BCUT2D eigenvalue weighted by Crippen LogP contribution is -2.33. The maximum Gasteiger partial charge on any atom is 0.186 e. The number of aryl methyl sites for hydroxylation is 1. The Morgan fingerprint density at radius 3 is 2.72 bits per heavy atom. The Bertz CT molecular complexity index is 379. The van der Waals surface area contributed by atoms with Crippen LogP contribution in [0.4, 0.5) is 5.13 Å². The zero-order valence-electron chi connectivity index (χ0n) is 11.6. The third-order valence-corrected chi connectivity index (χ3v) is 4.82. The molecule has 1 aromatic rings. The second-order valence-corrected chi connectivity index (χ2v) is 6.22. The number of thiazole rings is 1. The molecule has 18 heavy (non-hydrogen) atoms. The molecule has 102 valence electrons. The number of nitrogens with zero attached hydrogens (tertiary/aromatic N) is 2. The van der Waals surface area contributed by atoms with Gasteiger partial charge in [0, 0.05) is 18.8 Å². The van der Waals surface area contributed by atoms with Crippen LogP contribution in [-0.4, -0.2) is 36.4 Å². The van der Waals surface area contributed by atoms with Crippen LogP contribution in [-0.2, 0) is 6.42 Å². The number of aromatic nitrogens is 1. The maximum absolute atomic E-state index is 11.1. The van der Waals surface area contributed by atoms with Gasteiger partial charge < -0.3 is 4.90 Å². The number of anilines is 1. The number of hydrogen-bond acceptors (Lipinski definition) is 5. The van der Waals surface area contributed by atoms with E-state index in [1.807, 2.05) is 11.8 Å². The highest BCUT2D eigenvalue weighted by atomic mass is 32.2. The monoisotopic (exact) mass is 286 g/mol. The standard InChI is InChI=1S/C13H22N2OS2/c1-5-7-11-12(8-16)18-13(14-11)15(3)10(6-2)9-17-4/h8,10H,5-7,9H2,1-4H3. The van der Waals surface area contributed by atoms with Crippen LogP contribution in [0, 0.1) is 0 Å². The first-order valence-corrected chi connectivity index (χ1v) is 8.55. The molecule has 0 radical (unpaired) electrons. The Morgan fingerprint density at radius 1 is 1.50 bits per heavy atom. The molecule has 0 aliphatic rings. The highest BCUT2D eigenvalue weighted by molar-refractivity contribution is 7.98. The molecule has 1 unspecified atom stereocenters. The zero-order valence-corrected chi connectivity index (χ0v) is 13.2. The second-order valence-electron chi connectivity index (χ2n) is 4.30. The summed E-state index contributed by atoms with van der Waals surface area (Å²) in [5, 5.41) is 0.974. The fraction of sp³-hybridized carbons (Fsp3) is 0.692. The van der Waals surface area contributed by atoms with Gasteiger partial charge in [0.1, 0.15) is 0 Å². The molecule has 0 spiro atoms. The average molecular weight is 286 g/mol. The first-order valence-electron chi connectivity index (χ1n) is 6.34. The zero-order chi connectivity index (χ0) is 13.5. The molecule has 0 amide bonds. The quantitative estimate of drug-likeness (QED) is 0.685. The Hall–Kier alpha value is -0.550. The van der Waals surface area contributed by atoms with E-state index in [2.05, 4.69) is 37.0 Å². The van der Waals surface area contributed by atoms with Crippen LogP contribution in [0.3, 0.4) is 0 Å². The van der Waals surface area contributed by atoms with Crippen molar-refractivity contribution in [3.8, 4) is 0 Å². The van der Waals surface area contributed by atoms with Gasteiger partial charge in [-0.1, -0.05) is 31.6 Å². The van der Waals surface area contributed by atoms with Crippen molar-refractivity contribution in [2.24, 2.45) is 0 Å². The number of carbonyl (C=O) groups excluding carboxylic acids is 1. The van der Waals surface area contributed by atoms with E-state index >= 15 is 0 Å². The van der Waals surface area contributed by atoms with E-state index in [9.17, 15) is 4.79 Å². The van der Waals surface area contributed by atoms with Crippen molar-refractivity contribution in [1.29, 1.82) is 0 Å². The van der Waals surface area contributed by atoms with Crippen LogP contribution in [0.25, 0.3) is 0 Å². The van der Waals surface area contributed by atoms with Crippen molar-refractivity contribution in [3.05, 3.63) is 10.6 Å². The topological polar surface area (TPSA) is 33.2 Å². The molecule has 3 nitrogen and oxygen atoms in total. The summed E-state index contributed by atoms with van der Waals surface area (Å²) in [4.78, 5) is 18.7. The van der Waals surface area contributed by atoms with Crippen LogP contribution in [0.5, 0.6) is 0 Å². The molecule has 1 atom stereocenters. The molecule has 0 N–H and O–H groups in total. The van der Waals surface area contributed by atoms with E-state index in [1.165, 1.54) is 11.3 Å². The van der Waals surface area contributed by atoms with E-state index in [1.54, 1.807) is 0 Å². The highest BCUT2D eigenvalue weighted by Gasteiger charge is 2.18. The number of thioether (sulfide) groups is 1. The van der Waals surface area contributed by atoms with Crippen LogP contribution in [0.1, 0.15) is 42.1 Å². The Labute approximate surface area is 118 Å². The summed E-state index contributed by atoms with van der Waals surface area (Å²) in [6.45, 7) is 4.30. The predicted molar refractivity (Wildman–Crippen MR) is 82.4 cm³/mol. The third-order valence-electron chi connectivity index (χ3n) is 2.99. The lowest BCUT2D eigenvalue weighted by Gasteiger charge is -2.26. The average Bonchev–Trinajstić information content (AvgIpc) is 2.78. The minimum atomic E-state index is 0.486. The van der Waals surface area contributed by atoms with Gasteiger partial charge in [-0.05, 0) is 19.1 Å². The number of aldehydes is 1.